The Morgan fingerprint density at radius 3 is 1.56 bits per heavy atom. The lowest BCUT2D eigenvalue weighted by Gasteiger charge is -2.45. The molecule has 0 fully saturated rings. The van der Waals surface area contributed by atoms with Crippen LogP contribution in [0.3, 0.4) is 0 Å². The largest absolute Gasteiger partial charge is 0.395 e. The molecule has 0 heterocycles. The molecule has 4 nitrogen and oxygen atoms in total. The molecule has 0 saturated heterocycles. The van der Waals surface area contributed by atoms with Gasteiger partial charge >= 0.3 is 0 Å². The number of ether oxygens (including phenoxy) is 1. The van der Waals surface area contributed by atoms with E-state index in [9.17, 15) is 15.3 Å². The highest BCUT2D eigenvalue weighted by Crippen LogP contribution is 2.39. The van der Waals surface area contributed by atoms with Gasteiger partial charge in [-0.2, -0.15) is 0 Å². The Kier molecular flexibility index (Phi) is 7.13. The summed E-state index contributed by atoms with van der Waals surface area (Å²) in [5.41, 5.74) is -2.59. The van der Waals surface area contributed by atoms with E-state index in [1.807, 2.05) is 0 Å². The monoisotopic (exact) mass is 250 g/mol. The third-order valence-corrected chi connectivity index (χ3v) is 3.08. The van der Waals surface area contributed by atoms with E-state index >= 15 is 0 Å². The molecule has 0 aliphatic heterocycles. The van der Waals surface area contributed by atoms with Crippen LogP contribution >= 0.6 is 0 Å². The van der Waals surface area contributed by atoms with Gasteiger partial charge in [0.05, 0.1) is 25.2 Å². The molecular weight excluding hydrogens is 232 g/mol. The van der Waals surface area contributed by atoms with E-state index in [2.05, 4.69) is 17.8 Å². The van der Waals surface area contributed by atoms with Crippen LogP contribution < -0.4 is 0 Å². The molecule has 0 aromatic carbocycles. The summed E-state index contributed by atoms with van der Waals surface area (Å²) in [6.45, 7) is -1.64. The standard InChI is InChI=1S/C14H18O4/c1-4-7-14(8-5-2,18-9-6-3)13(10-15,11-16)12-17/h1-3,15-17H,7-12H2. The minimum absolute atomic E-state index is 0.0283. The topological polar surface area (TPSA) is 69.9 Å². The highest BCUT2D eigenvalue weighted by atomic mass is 16.5. The fourth-order valence-corrected chi connectivity index (χ4v) is 1.78. The molecule has 0 amide bonds. The van der Waals surface area contributed by atoms with Crippen LogP contribution in [0.2, 0.25) is 0 Å². The number of hydrogen-bond donors (Lipinski definition) is 3. The molecule has 3 N–H and O–H groups in total. The zero-order chi connectivity index (χ0) is 14.1. The Balaban J connectivity index is 5.58. The molecule has 0 aromatic rings. The molecule has 0 aliphatic rings. The summed E-state index contributed by atoms with van der Waals surface area (Å²) >= 11 is 0. The van der Waals surface area contributed by atoms with Gasteiger partial charge in [0.1, 0.15) is 12.2 Å². The molecule has 0 bridgehead atoms. The minimum Gasteiger partial charge on any atom is -0.395 e. The lowest BCUT2D eigenvalue weighted by molar-refractivity contribution is -0.173. The number of aliphatic hydroxyl groups is 3. The quantitative estimate of drug-likeness (QED) is 0.502. The van der Waals surface area contributed by atoms with E-state index in [0.717, 1.165) is 0 Å². The zero-order valence-electron chi connectivity index (χ0n) is 10.2. The Labute approximate surface area is 108 Å². The maximum absolute atomic E-state index is 9.48. The van der Waals surface area contributed by atoms with Gasteiger partial charge in [0.2, 0.25) is 0 Å². The molecule has 0 radical (unpaired) electrons. The van der Waals surface area contributed by atoms with Crippen molar-refractivity contribution in [3.63, 3.8) is 0 Å². The first-order valence-electron chi connectivity index (χ1n) is 5.39. The lowest BCUT2D eigenvalue weighted by Crippen LogP contribution is -2.57. The molecule has 0 spiro atoms. The van der Waals surface area contributed by atoms with Gasteiger partial charge in [-0.25, -0.2) is 0 Å². The molecule has 18 heavy (non-hydrogen) atoms. The second-order valence-corrected chi connectivity index (χ2v) is 4.00. The summed E-state index contributed by atoms with van der Waals surface area (Å²) in [6, 6.07) is 0. The molecule has 0 unspecified atom stereocenters. The number of hydrogen-bond acceptors (Lipinski definition) is 4. The van der Waals surface area contributed by atoms with E-state index in [1.165, 1.54) is 0 Å². The normalized spacial score (nSPS) is 11.3. The van der Waals surface area contributed by atoms with Crippen molar-refractivity contribution in [1.82, 2.24) is 0 Å². The molecule has 98 valence electrons. The third-order valence-electron chi connectivity index (χ3n) is 3.08. The average Bonchev–Trinajstić information content (AvgIpc) is 2.39. The van der Waals surface area contributed by atoms with Crippen LogP contribution in [0.4, 0.5) is 0 Å². The molecule has 0 aliphatic carbocycles. The van der Waals surface area contributed by atoms with Gasteiger partial charge < -0.3 is 20.1 Å². The molecule has 0 aromatic heterocycles. The predicted molar refractivity (Wildman–Crippen MR) is 68.1 cm³/mol. The second-order valence-electron chi connectivity index (χ2n) is 4.00. The maximum Gasteiger partial charge on any atom is 0.108 e. The van der Waals surface area contributed by atoms with E-state index in [-0.39, 0.29) is 19.4 Å². The first-order chi connectivity index (χ1) is 8.61. The molecule has 0 atom stereocenters. The fraction of sp³-hybridized carbons (Fsp3) is 0.571. The summed E-state index contributed by atoms with van der Waals surface area (Å²) in [4.78, 5) is 0. The van der Waals surface area contributed by atoms with Crippen LogP contribution in [0.5, 0.6) is 0 Å². The third kappa shape index (κ3) is 3.05. The number of aliphatic hydroxyl groups excluding tert-OH is 3. The van der Waals surface area contributed by atoms with Gasteiger partial charge in [0.15, 0.2) is 0 Å². The van der Waals surface area contributed by atoms with Gasteiger partial charge in [-0.15, -0.1) is 31.1 Å². The zero-order valence-corrected chi connectivity index (χ0v) is 10.2. The fourth-order valence-electron chi connectivity index (χ4n) is 1.78. The Bertz CT molecular complexity index is 338. The van der Waals surface area contributed by atoms with Crippen molar-refractivity contribution in [2.24, 2.45) is 5.41 Å². The second kappa shape index (κ2) is 7.77. The summed E-state index contributed by atoms with van der Waals surface area (Å²) in [5.74, 6) is 7.06. The summed E-state index contributed by atoms with van der Waals surface area (Å²) in [5, 5.41) is 28.4. The number of terminal acetylenes is 3. The molecule has 4 heteroatoms. The maximum atomic E-state index is 9.48. The predicted octanol–water partition coefficient (Wildman–Crippen LogP) is -0.615. The van der Waals surface area contributed by atoms with Gasteiger partial charge in [0, 0.05) is 12.8 Å². The highest BCUT2D eigenvalue weighted by molar-refractivity contribution is 5.12. The first kappa shape index (κ1) is 16.5. The Morgan fingerprint density at radius 2 is 1.28 bits per heavy atom. The van der Waals surface area contributed by atoms with E-state index in [1.54, 1.807) is 0 Å². The van der Waals surface area contributed by atoms with Crippen LogP contribution in [0.1, 0.15) is 12.8 Å². The number of rotatable bonds is 8. The van der Waals surface area contributed by atoms with Crippen molar-refractivity contribution in [2.45, 2.75) is 18.4 Å². The van der Waals surface area contributed by atoms with Crippen LogP contribution in [0.25, 0.3) is 0 Å². The van der Waals surface area contributed by atoms with Crippen molar-refractivity contribution >= 4 is 0 Å². The smallest absolute Gasteiger partial charge is 0.108 e. The van der Waals surface area contributed by atoms with Gasteiger partial charge in [-0.3, -0.25) is 0 Å². The van der Waals surface area contributed by atoms with Crippen molar-refractivity contribution in [1.29, 1.82) is 0 Å². The molecular formula is C14H18O4. The van der Waals surface area contributed by atoms with Gasteiger partial charge in [-0.1, -0.05) is 5.92 Å². The van der Waals surface area contributed by atoms with E-state index in [0.29, 0.717) is 0 Å². The Hall–Kier alpha value is -1.48. The molecule has 0 saturated carbocycles. The minimum atomic E-state index is -1.34. The van der Waals surface area contributed by atoms with E-state index in [4.69, 9.17) is 24.0 Å². The van der Waals surface area contributed by atoms with Crippen LogP contribution in [0, 0.1) is 42.4 Å². The van der Waals surface area contributed by atoms with Crippen molar-refractivity contribution in [3.8, 4) is 37.0 Å². The van der Waals surface area contributed by atoms with Crippen molar-refractivity contribution in [2.75, 3.05) is 26.4 Å². The highest BCUT2D eigenvalue weighted by Gasteiger charge is 2.51. The van der Waals surface area contributed by atoms with Gasteiger partial charge in [-0.05, 0) is 0 Å². The van der Waals surface area contributed by atoms with Crippen LogP contribution in [-0.4, -0.2) is 47.3 Å². The van der Waals surface area contributed by atoms with Crippen molar-refractivity contribution in [3.05, 3.63) is 0 Å². The summed E-state index contributed by atoms with van der Waals surface area (Å²) in [6.07, 6.45) is 15.8. The van der Waals surface area contributed by atoms with Gasteiger partial charge in [0.25, 0.3) is 0 Å². The SMILES string of the molecule is C#CCOC(CC#C)(CC#C)C(CO)(CO)CO. The first-order valence-corrected chi connectivity index (χ1v) is 5.39. The summed E-state index contributed by atoms with van der Waals surface area (Å²) in [7, 11) is 0. The van der Waals surface area contributed by atoms with Crippen molar-refractivity contribution < 1.29 is 20.1 Å². The summed E-state index contributed by atoms with van der Waals surface area (Å²) < 4.78 is 5.50. The average molecular weight is 250 g/mol. The van der Waals surface area contributed by atoms with Crippen LogP contribution in [-0.2, 0) is 4.74 Å². The Morgan fingerprint density at radius 1 is 0.833 bits per heavy atom. The van der Waals surface area contributed by atoms with E-state index < -0.39 is 30.8 Å². The lowest BCUT2D eigenvalue weighted by atomic mass is 9.69. The molecule has 0 rings (SSSR count). The van der Waals surface area contributed by atoms with Crippen LogP contribution in [0.15, 0.2) is 0 Å².